The fourth-order valence-electron chi connectivity index (χ4n) is 3.37. The fraction of sp³-hybridized carbons (Fsp3) is 0.208. The normalized spacial score (nSPS) is 13.0. The van der Waals surface area contributed by atoms with Gasteiger partial charge in [-0.2, -0.15) is 0 Å². The summed E-state index contributed by atoms with van der Waals surface area (Å²) in [6.45, 7) is 4.55. The third-order valence-corrected chi connectivity index (χ3v) is 5.17. The number of aliphatic carboxylic acids is 1. The van der Waals surface area contributed by atoms with E-state index >= 15 is 0 Å². The van der Waals surface area contributed by atoms with E-state index in [4.69, 9.17) is 0 Å². The summed E-state index contributed by atoms with van der Waals surface area (Å²) in [7, 11) is 2.04. The van der Waals surface area contributed by atoms with Crippen molar-refractivity contribution in [3.05, 3.63) is 101 Å². The van der Waals surface area contributed by atoms with Crippen molar-refractivity contribution in [2.45, 2.75) is 25.8 Å². The molecule has 1 unspecified atom stereocenters. The summed E-state index contributed by atoms with van der Waals surface area (Å²) in [6.07, 6.45) is 0. The maximum absolute atomic E-state index is 12.2. The largest absolute Gasteiger partial charge is 0.480 e. The summed E-state index contributed by atoms with van der Waals surface area (Å²) in [5, 5.41) is 9.99. The van der Waals surface area contributed by atoms with Crippen LogP contribution in [0.2, 0.25) is 0 Å². The first kappa shape index (κ1) is 18.7. The van der Waals surface area contributed by atoms with Crippen LogP contribution >= 0.6 is 0 Å². The second-order valence-corrected chi connectivity index (χ2v) is 7.19. The number of nitrogens with zero attached hydrogens (tertiary/aromatic N) is 1. The molecule has 138 valence electrons. The summed E-state index contributed by atoms with van der Waals surface area (Å²) >= 11 is 0. The lowest BCUT2D eigenvalue weighted by Gasteiger charge is -2.27. The van der Waals surface area contributed by atoms with Crippen molar-refractivity contribution in [3.8, 4) is 0 Å². The first-order chi connectivity index (χ1) is 12.9. The zero-order valence-electron chi connectivity index (χ0n) is 16.0. The summed E-state index contributed by atoms with van der Waals surface area (Å²) < 4.78 is 0. The molecule has 0 aliphatic rings. The molecule has 3 heteroatoms. The first-order valence-electron chi connectivity index (χ1n) is 9.07. The van der Waals surface area contributed by atoms with Gasteiger partial charge < -0.3 is 10.0 Å². The summed E-state index contributed by atoms with van der Waals surface area (Å²) in [4.78, 5) is 14.3. The molecule has 3 aromatic carbocycles. The van der Waals surface area contributed by atoms with Gasteiger partial charge in [0.15, 0.2) is 0 Å². The minimum Gasteiger partial charge on any atom is -0.480 e. The topological polar surface area (TPSA) is 40.5 Å². The highest BCUT2D eigenvalue weighted by molar-refractivity contribution is 5.85. The molecule has 0 saturated carbocycles. The number of hydrogen-bond acceptors (Lipinski definition) is 2. The smallest absolute Gasteiger partial charge is 0.318 e. The molecule has 0 aromatic heterocycles. The van der Waals surface area contributed by atoms with Crippen molar-refractivity contribution in [2.75, 3.05) is 11.9 Å². The molecule has 1 atom stereocenters. The standard InChI is InChI=1S/C24H25NO2/c1-18-8-7-11-21(16-18)24(2,23(26)27)20-12-14-22(15-13-20)25(3)17-19-9-5-4-6-10-19/h4-16H,17H2,1-3H3,(H,26,27). The van der Waals surface area contributed by atoms with Gasteiger partial charge in [0, 0.05) is 19.3 Å². The van der Waals surface area contributed by atoms with Gasteiger partial charge in [0.25, 0.3) is 0 Å². The van der Waals surface area contributed by atoms with Gasteiger partial charge >= 0.3 is 5.97 Å². The van der Waals surface area contributed by atoms with Crippen LogP contribution in [0.15, 0.2) is 78.9 Å². The van der Waals surface area contributed by atoms with E-state index in [2.05, 4.69) is 17.0 Å². The van der Waals surface area contributed by atoms with E-state index in [1.165, 1.54) is 5.56 Å². The molecule has 27 heavy (non-hydrogen) atoms. The molecule has 0 aliphatic carbocycles. The van der Waals surface area contributed by atoms with Gasteiger partial charge in [-0.15, -0.1) is 0 Å². The summed E-state index contributed by atoms with van der Waals surface area (Å²) in [5.41, 5.74) is 3.83. The quantitative estimate of drug-likeness (QED) is 0.672. The molecule has 3 nitrogen and oxygen atoms in total. The van der Waals surface area contributed by atoms with Crippen molar-refractivity contribution in [1.29, 1.82) is 0 Å². The van der Waals surface area contributed by atoms with E-state index in [0.29, 0.717) is 0 Å². The third-order valence-electron chi connectivity index (χ3n) is 5.17. The van der Waals surface area contributed by atoms with Crippen LogP contribution in [0.25, 0.3) is 0 Å². The highest BCUT2D eigenvalue weighted by atomic mass is 16.4. The zero-order chi connectivity index (χ0) is 19.4. The Bertz CT molecular complexity index is 919. The maximum Gasteiger partial charge on any atom is 0.318 e. The Morgan fingerprint density at radius 2 is 1.59 bits per heavy atom. The predicted molar refractivity (Wildman–Crippen MR) is 110 cm³/mol. The molecule has 0 fully saturated rings. The average molecular weight is 359 g/mol. The van der Waals surface area contributed by atoms with Gasteiger partial charge in [-0.1, -0.05) is 72.3 Å². The second-order valence-electron chi connectivity index (χ2n) is 7.19. The van der Waals surface area contributed by atoms with Crippen LogP contribution in [0.3, 0.4) is 0 Å². The number of carbonyl (C=O) groups is 1. The molecular weight excluding hydrogens is 334 g/mol. The monoisotopic (exact) mass is 359 g/mol. The van der Waals surface area contributed by atoms with E-state index in [1.54, 1.807) is 6.92 Å². The Balaban J connectivity index is 1.89. The van der Waals surface area contributed by atoms with E-state index in [-0.39, 0.29) is 0 Å². The van der Waals surface area contributed by atoms with Gasteiger partial charge in [0.05, 0.1) is 0 Å². The number of carboxylic acids is 1. The second kappa shape index (κ2) is 7.67. The molecule has 0 heterocycles. The van der Waals surface area contributed by atoms with Gasteiger partial charge in [-0.25, -0.2) is 0 Å². The number of benzene rings is 3. The minimum atomic E-state index is -1.08. The Morgan fingerprint density at radius 1 is 0.926 bits per heavy atom. The predicted octanol–water partition coefficient (Wildman–Crippen LogP) is 5.02. The van der Waals surface area contributed by atoms with Crippen LogP contribution in [0, 0.1) is 6.92 Å². The van der Waals surface area contributed by atoms with E-state index < -0.39 is 11.4 Å². The third kappa shape index (κ3) is 3.87. The Labute approximate surface area is 160 Å². The van der Waals surface area contributed by atoms with Gasteiger partial charge in [-0.05, 0) is 42.7 Å². The van der Waals surface area contributed by atoms with Crippen molar-refractivity contribution in [2.24, 2.45) is 0 Å². The average Bonchev–Trinajstić information content (AvgIpc) is 2.68. The number of rotatable bonds is 6. The number of carboxylic acid groups (broad SMARTS) is 1. The fourth-order valence-corrected chi connectivity index (χ4v) is 3.37. The van der Waals surface area contributed by atoms with Gasteiger partial charge in [0.1, 0.15) is 5.41 Å². The molecule has 0 amide bonds. The Kier molecular flexibility index (Phi) is 5.31. The van der Waals surface area contributed by atoms with Gasteiger partial charge in [-0.3, -0.25) is 4.79 Å². The highest BCUT2D eigenvalue weighted by Crippen LogP contribution is 2.34. The highest BCUT2D eigenvalue weighted by Gasteiger charge is 2.37. The number of aryl methyl sites for hydroxylation is 1. The van der Waals surface area contributed by atoms with E-state index in [0.717, 1.165) is 28.9 Å². The maximum atomic E-state index is 12.2. The Morgan fingerprint density at radius 3 is 2.19 bits per heavy atom. The van der Waals surface area contributed by atoms with Crippen LogP contribution in [-0.4, -0.2) is 18.1 Å². The van der Waals surface area contributed by atoms with Crippen LogP contribution in [0.1, 0.15) is 29.2 Å². The molecule has 0 aliphatic heterocycles. The van der Waals surface area contributed by atoms with Crippen LogP contribution in [-0.2, 0) is 16.8 Å². The zero-order valence-corrected chi connectivity index (χ0v) is 16.0. The van der Waals surface area contributed by atoms with Gasteiger partial charge in [0.2, 0.25) is 0 Å². The Hall–Kier alpha value is -3.07. The molecule has 1 N–H and O–H groups in total. The van der Waals surface area contributed by atoms with Crippen molar-refractivity contribution in [3.63, 3.8) is 0 Å². The van der Waals surface area contributed by atoms with Crippen molar-refractivity contribution in [1.82, 2.24) is 0 Å². The molecule has 0 radical (unpaired) electrons. The van der Waals surface area contributed by atoms with Crippen molar-refractivity contribution < 1.29 is 9.90 Å². The molecule has 3 rings (SSSR count). The molecule has 0 bridgehead atoms. The SMILES string of the molecule is Cc1cccc(C(C)(C(=O)O)c2ccc(N(C)Cc3ccccc3)cc2)c1. The molecule has 0 saturated heterocycles. The van der Waals surface area contributed by atoms with Crippen LogP contribution in [0.4, 0.5) is 5.69 Å². The lowest BCUT2D eigenvalue weighted by atomic mass is 9.76. The first-order valence-corrected chi connectivity index (χ1v) is 9.07. The summed E-state index contributed by atoms with van der Waals surface area (Å²) in [5.74, 6) is -0.849. The number of hydrogen-bond donors (Lipinski definition) is 1. The lowest BCUT2D eigenvalue weighted by Crippen LogP contribution is -2.33. The molecule has 3 aromatic rings. The lowest BCUT2D eigenvalue weighted by molar-refractivity contribution is -0.141. The molecular formula is C24H25NO2. The number of anilines is 1. The molecule has 0 spiro atoms. The van der Waals surface area contributed by atoms with Crippen LogP contribution in [0.5, 0.6) is 0 Å². The van der Waals surface area contributed by atoms with E-state index in [1.807, 2.05) is 80.7 Å². The van der Waals surface area contributed by atoms with E-state index in [9.17, 15) is 9.90 Å². The van der Waals surface area contributed by atoms with Crippen molar-refractivity contribution >= 4 is 11.7 Å². The summed E-state index contributed by atoms with van der Waals surface area (Å²) in [6, 6.07) is 25.8. The minimum absolute atomic E-state index is 0.775. The van der Waals surface area contributed by atoms with Crippen LogP contribution < -0.4 is 4.90 Å².